The molecule has 0 bridgehead atoms. The third-order valence-corrected chi connectivity index (χ3v) is 5.04. The van der Waals surface area contributed by atoms with Gasteiger partial charge in [0, 0.05) is 5.56 Å². The van der Waals surface area contributed by atoms with Crippen molar-refractivity contribution in [3.63, 3.8) is 0 Å². The number of aromatic nitrogens is 1. The van der Waals surface area contributed by atoms with Gasteiger partial charge in [-0.2, -0.15) is 0 Å². The smallest absolute Gasteiger partial charge is 0.260 e. The summed E-state index contributed by atoms with van der Waals surface area (Å²) in [7, 11) is 4.07. The minimum absolute atomic E-state index is 0.225. The molecule has 0 radical (unpaired) electrons. The van der Waals surface area contributed by atoms with Crippen LogP contribution in [-0.2, 0) is 0 Å². The van der Waals surface area contributed by atoms with Crippen LogP contribution in [-0.4, -0.2) is 38.1 Å². The summed E-state index contributed by atoms with van der Waals surface area (Å²) in [5, 5.41) is 0.653. The van der Waals surface area contributed by atoms with Crippen LogP contribution in [0.25, 0.3) is 10.2 Å². The summed E-state index contributed by atoms with van der Waals surface area (Å²) in [6, 6.07) is 11.8. The number of hydrogen-bond donors (Lipinski definition) is 1. The van der Waals surface area contributed by atoms with E-state index in [4.69, 9.17) is 0 Å². The van der Waals surface area contributed by atoms with Crippen molar-refractivity contribution in [2.75, 3.05) is 32.1 Å². The van der Waals surface area contributed by atoms with E-state index < -0.39 is 5.82 Å². The van der Waals surface area contributed by atoms with E-state index in [1.54, 1.807) is 17.0 Å². The van der Waals surface area contributed by atoms with E-state index in [9.17, 15) is 9.18 Å². The number of nitrogens with zero attached hydrogens (tertiary/aromatic N) is 2. The van der Waals surface area contributed by atoms with Gasteiger partial charge in [0.2, 0.25) is 0 Å². The van der Waals surface area contributed by atoms with Gasteiger partial charge in [-0.3, -0.25) is 9.69 Å². The number of carbonyl (C=O) groups is 1. The minimum Gasteiger partial charge on any atom is -0.338 e. The number of halogens is 1. The average Bonchev–Trinajstić information content (AvgIpc) is 3.00. The molecule has 4 nitrogen and oxygen atoms in total. The molecule has 1 amide bonds. The highest BCUT2D eigenvalue weighted by molar-refractivity contribution is 7.22. The van der Waals surface area contributed by atoms with E-state index in [2.05, 4.69) is 4.98 Å². The molecule has 0 aliphatic heterocycles. The van der Waals surface area contributed by atoms with Gasteiger partial charge >= 0.3 is 0 Å². The molecule has 3 aromatic rings. The Bertz CT molecular complexity index is 907. The SMILES string of the molecule is Cc1cccc2sc(N(CC[NH+](C)C)C(=O)c3cccc(F)c3)nc12. The van der Waals surface area contributed by atoms with Crippen LogP contribution in [0.15, 0.2) is 42.5 Å². The van der Waals surface area contributed by atoms with Crippen molar-refractivity contribution < 1.29 is 14.1 Å². The van der Waals surface area contributed by atoms with Crippen molar-refractivity contribution in [3.8, 4) is 0 Å². The summed E-state index contributed by atoms with van der Waals surface area (Å²) < 4.78 is 14.6. The normalized spacial score (nSPS) is 11.2. The fourth-order valence-corrected chi connectivity index (χ4v) is 3.65. The van der Waals surface area contributed by atoms with Crippen molar-refractivity contribution in [1.82, 2.24) is 4.98 Å². The number of para-hydroxylation sites is 1. The number of quaternary nitrogens is 1. The summed E-state index contributed by atoms with van der Waals surface area (Å²) in [5.41, 5.74) is 2.33. The molecule has 130 valence electrons. The van der Waals surface area contributed by atoms with Crippen LogP contribution in [0, 0.1) is 12.7 Å². The second-order valence-electron chi connectivity index (χ2n) is 6.34. The first kappa shape index (κ1) is 17.5. The Morgan fingerprint density at radius 2 is 2.00 bits per heavy atom. The van der Waals surface area contributed by atoms with E-state index in [1.165, 1.54) is 28.4 Å². The molecule has 1 aromatic heterocycles. The quantitative estimate of drug-likeness (QED) is 0.761. The van der Waals surface area contributed by atoms with Gasteiger partial charge in [-0.25, -0.2) is 9.37 Å². The highest BCUT2D eigenvalue weighted by Crippen LogP contribution is 2.31. The molecule has 0 aliphatic carbocycles. The topological polar surface area (TPSA) is 37.6 Å². The number of nitrogens with one attached hydrogen (secondary N) is 1. The standard InChI is InChI=1S/C19H20FN3OS/c1-13-6-4-9-16-17(13)21-19(25-16)23(11-10-22(2)3)18(24)14-7-5-8-15(20)12-14/h4-9,12H,10-11H2,1-3H3/p+1. The van der Waals surface area contributed by atoms with Crippen LogP contribution in [0.3, 0.4) is 0 Å². The lowest BCUT2D eigenvalue weighted by Gasteiger charge is -2.20. The van der Waals surface area contributed by atoms with Crippen molar-refractivity contribution in [1.29, 1.82) is 0 Å². The Balaban J connectivity index is 2.01. The number of anilines is 1. The number of likely N-dealkylation sites (N-methyl/N-ethyl adjacent to an activating group) is 1. The van der Waals surface area contributed by atoms with Gasteiger partial charge in [0.1, 0.15) is 5.82 Å². The Morgan fingerprint density at radius 3 is 2.68 bits per heavy atom. The van der Waals surface area contributed by atoms with E-state index in [-0.39, 0.29) is 5.91 Å². The fourth-order valence-electron chi connectivity index (χ4n) is 2.59. The van der Waals surface area contributed by atoms with Crippen molar-refractivity contribution >= 4 is 32.6 Å². The number of rotatable bonds is 5. The van der Waals surface area contributed by atoms with Crippen LogP contribution in [0.4, 0.5) is 9.52 Å². The van der Waals surface area contributed by atoms with E-state index in [0.29, 0.717) is 17.2 Å². The monoisotopic (exact) mass is 358 g/mol. The molecule has 0 unspecified atom stereocenters. The largest absolute Gasteiger partial charge is 0.338 e. The molecule has 0 fully saturated rings. The van der Waals surface area contributed by atoms with Crippen LogP contribution in [0.1, 0.15) is 15.9 Å². The van der Waals surface area contributed by atoms with Gasteiger partial charge in [0.05, 0.1) is 37.4 Å². The summed E-state index contributed by atoms with van der Waals surface area (Å²) in [6.45, 7) is 3.31. The van der Waals surface area contributed by atoms with Gasteiger partial charge in [0.25, 0.3) is 5.91 Å². The summed E-state index contributed by atoms with van der Waals surface area (Å²) >= 11 is 1.49. The Kier molecular flexibility index (Phi) is 5.11. The highest BCUT2D eigenvalue weighted by atomic mass is 32.1. The lowest BCUT2D eigenvalue weighted by Crippen LogP contribution is -3.06. The second-order valence-corrected chi connectivity index (χ2v) is 7.35. The maximum absolute atomic E-state index is 13.5. The maximum Gasteiger partial charge on any atom is 0.260 e. The van der Waals surface area contributed by atoms with Crippen molar-refractivity contribution in [2.45, 2.75) is 6.92 Å². The Labute approximate surface area is 150 Å². The van der Waals surface area contributed by atoms with E-state index in [0.717, 1.165) is 22.3 Å². The lowest BCUT2D eigenvalue weighted by molar-refractivity contribution is -0.856. The van der Waals surface area contributed by atoms with Gasteiger partial charge in [-0.1, -0.05) is 29.5 Å². The van der Waals surface area contributed by atoms with Crippen LogP contribution < -0.4 is 9.80 Å². The first-order valence-corrected chi connectivity index (χ1v) is 9.00. The number of aryl methyl sites for hydroxylation is 1. The molecule has 25 heavy (non-hydrogen) atoms. The van der Waals surface area contributed by atoms with Crippen LogP contribution in [0.5, 0.6) is 0 Å². The predicted octanol–water partition coefficient (Wildman–Crippen LogP) is 2.54. The average molecular weight is 358 g/mol. The van der Waals surface area contributed by atoms with E-state index >= 15 is 0 Å². The summed E-state index contributed by atoms with van der Waals surface area (Å²) in [5.74, 6) is -0.637. The zero-order chi connectivity index (χ0) is 18.0. The first-order valence-electron chi connectivity index (χ1n) is 8.18. The summed E-state index contributed by atoms with van der Waals surface area (Å²) in [4.78, 5) is 20.6. The van der Waals surface area contributed by atoms with Gasteiger partial charge in [-0.05, 0) is 36.8 Å². The number of amides is 1. The van der Waals surface area contributed by atoms with Crippen molar-refractivity contribution in [3.05, 3.63) is 59.4 Å². The molecule has 6 heteroatoms. The molecule has 0 spiro atoms. The molecule has 1 heterocycles. The second kappa shape index (κ2) is 7.29. The number of hydrogen-bond acceptors (Lipinski definition) is 3. The number of benzene rings is 2. The fraction of sp³-hybridized carbons (Fsp3) is 0.263. The Morgan fingerprint density at radius 1 is 1.24 bits per heavy atom. The van der Waals surface area contributed by atoms with E-state index in [1.807, 2.05) is 39.2 Å². The van der Waals surface area contributed by atoms with Gasteiger partial charge in [0.15, 0.2) is 5.13 Å². The van der Waals surface area contributed by atoms with Crippen molar-refractivity contribution in [2.24, 2.45) is 0 Å². The minimum atomic E-state index is -0.413. The summed E-state index contributed by atoms with van der Waals surface area (Å²) in [6.07, 6.45) is 0. The third kappa shape index (κ3) is 3.86. The molecular weight excluding hydrogens is 337 g/mol. The maximum atomic E-state index is 13.5. The predicted molar refractivity (Wildman–Crippen MR) is 100 cm³/mol. The molecular formula is C19H21FN3OS+. The number of carbonyl (C=O) groups excluding carboxylic acids is 1. The molecule has 1 N–H and O–H groups in total. The Hall–Kier alpha value is -2.31. The van der Waals surface area contributed by atoms with Gasteiger partial charge < -0.3 is 4.90 Å². The highest BCUT2D eigenvalue weighted by Gasteiger charge is 2.22. The zero-order valence-electron chi connectivity index (χ0n) is 14.5. The van der Waals surface area contributed by atoms with Crippen LogP contribution in [0.2, 0.25) is 0 Å². The molecule has 0 aliphatic rings. The number of fused-ring (bicyclic) bond motifs is 1. The molecule has 3 rings (SSSR count). The molecule has 0 saturated heterocycles. The molecule has 0 atom stereocenters. The van der Waals surface area contributed by atoms with Gasteiger partial charge in [-0.15, -0.1) is 0 Å². The lowest BCUT2D eigenvalue weighted by atomic mass is 10.2. The first-order chi connectivity index (χ1) is 12.0. The molecule has 2 aromatic carbocycles. The van der Waals surface area contributed by atoms with Crippen LogP contribution >= 0.6 is 11.3 Å². The number of thiazole rings is 1. The zero-order valence-corrected chi connectivity index (χ0v) is 15.4. The third-order valence-electron chi connectivity index (χ3n) is 3.99. The molecule has 0 saturated carbocycles.